The van der Waals surface area contributed by atoms with Crippen molar-refractivity contribution in [2.75, 3.05) is 6.54 Å². The summed E-state index contributed by atoms with van der Waals surface area (Å²) in [5, 5.41) is 9.10. The van der Waals surface area contributed by atoms with E-state index in [4.69, 9.17) is 5.11 Å². The molecule has 1 amide bonds. The highest BCUT2D eigenvalue weighted by atomic mass is 16.7. The van der Waals surface area contributed by atoms with Gasteiger partial charge in [-0.15, -0.1) is 5.06 Å². The highest BCUT2D eigenvalue weighted by Gasteiger charge is 2.12. The Labute approximate surface area is 82.9 Å². The van der Waals surface area contributed by atoms with Crippen LogP contribution >= 0.6 is 0 Å². The largest absolute Gasteiger partial charge is 0.463 e. The average Bonchev–Trinajstić information content (AvgIpc) is 2.14. The van der Waals surface area contributed by atoms with Crippen LogP contribution in [0.3, 0.4) is 0 Å². The summed E-state index contributed by atoms with van der Waals surface area (Å²) in [6.07, 6.45) is 3.31. The Kier molecular flexibility index (Phi) is 6.19. The van der Waals surface area contributed by atoms with Gasteiger partial charge < -0.3 is 9.94 Å². The van der Waals surface area contributed by atoms with Crippen LogP contribution in [0.5, 0.6) is 0 Å². The van der Waals surface area contributed by atoms with E-state index in [0.717, 1.165) is 12.8 Å². The van der Waals surface area contributed by atoms with Crippen molar-refractivity contribution >= 4 is 12.1 Å². The number of hydrogen-bond acceptors (Lipinski definition) is 3. The third kappa shape index (κ3) is 5.18. The Morgan fingerprint density at radius 2 is 2.07 bits per heavy atom. The van der Waals surface area contributed by atoms with Gasteiger partial charge in [0.15, 0.2) is 0 Å². The van der Waals surface area contributed by atoms with Crippen molar-refractivity contribution in [1.29, 1.82) is 0 Å². The van der Waals surface area contributed by atoms with Gasteiger partial charge >= 0.3 is 12.1 Å². The summed E-state index contributed by atoms with van der Waals surface area (Å²) in [7, 11) is 0. The van der Waals surface area contributed by atoms with Gasteiger partial charge in [-0.1, -0.05) is 19.4 Å². The number of unbranched alkanes of at least 4 members (excludes halogenated alkanes) is 1. The van der Waals surface area contributed by atoms with Crippen molar-refractivity contribution in [2.45, 2.75) is 26.7 Å². The van der Waals surface area contributed by atoms with Crippen molar-refractivity contribution in [3.05, 3.63) is 12.2 Å². The SMILES string of the molecule is CCCC=CC(=O)ON(CC)C(=O)O. The molecule has 0 aromatic carbocycles. The number of nitrogens with zero attached hydrogens (tertiary/aromatic N) is 1. The van der Waals surface area contributed by atoms with E-state index in [1.807, 2.05) is 6.92 Å². The molecule has 0 bridgehead atoms. The zero-order chi connectivity index (χ0) is 11.0. The van der Waals surface area contributed by atoms with Crippen LogP contribution in [0.1, 0.15) is 26.7 Å². The quantitative estimate of drug-likeness (QED) is 0.556. The second-order valence-corrected chi connectivity index (χ2v) is 2.58. The first-order valence-corrected chi connectivity index (χ1v) is 4.50. The van der Waals surface area contributed by atoms with Crippen molar-refractivity contribution in [2.24, 2.45) is 0 Å². The molecule has 0 rings (SSSR count). The Hall–Kier alpha value is -1.52. The third-order valence-corrected chi connectivity index (χ3v) is 1.41. The minimum Gasteiger partial charge on any atom is -0.463 e. The number of amides is 1. The summed E-state index contributed by atoms with van der Waals surface area (Å²) in [5.74, 6) is -0.664. The lowest BCUT2D eigenvalue weighted by Gasteiger charge is -2.13. The molecular weight excluding hydrogens is 186 g/mol. The predicted molar refractivity (Wildman–Crippen MR) is 50.5 cm³/mol. The van der Waals surface area contributed by atoms with Crippen LogP contribution in [0.15, 0.2) is 12.2 Å². The van der Waals surface area contributed by atoms with Crippen LogP contribution in [0, 0.1) is 0 Å². The smallest absolute Gasteiger partial charge is 0.440 e. The Balaban J connectivity index is 3.97. The summed E-state index contributed by atoms with van der Waals surface area (Å²) < 4.78 is 0. The Morgan fingerprint density at radius 3 is 2.50 bits per heavy atom. The molecule has 80 valence electrons. The molecule has 0 saturated heterocycles. The minimum atomic E-state index is -1.27. The first kappa shape index (κ1) is 12.5. The minimum absolute atomic E-state index is 0.114. The highest BCUT2D eigenvalue weighted by Crippen LogP contribution is 1.95. The molecule has 0 spiro atoms. The molecule has 1 N–H and O–H groups in total. The van der Waals surface area contributed by atoms with E-state index in [1.165, 1.54) is 6.08 Å². The maximum absolute atomic E-state index is 11.0. The second-order valence-electron chi connectivity index (χ2n) is 2.58. The van der Waals surface area contributed by atoms with Crippen LogP contribution in [0.25, 0.3) is 0 Å². The maximum Gasteiger partial charge on any atom is 0.440 e. The van der Waals surface area contributed by atoms with Crippen LogP contribution in [0.2, 0.25) is 0 Å². The molecule has 14 heavy (non-hydrogen) atoms. The predicted octanol–water partition coefficient (Wildman–Crippen LogP) is 1.80. The lowest BCUT2D eigenvalue weighted by molar-refractivity contribution is -0.173. The average molecular weight is 201 g/mol. The van der Waals surface area contributed by atoms with Crippen LogP contribution in [-0.4, -0.2) is 28.8 Å². The fourth-order valence-electron chi connectivity index (χ4n) is 0.724. The Morgan fingerprint density at radius 1 is 1.43 bits per heavy atom. The molecule has 0 unspecified atom stereocenters. The van der Waals surface area contributed by atoms with E-state index in [1.54, 1.807) is 13.0 Å². The monoisotopic (exact) mass is 201 g/mol. The molecule has 0 aromatic heterocycles. The molecule has 0 aliphatic heterocycles. The van der Waals surface area contributed by atoms with E-state index >= 15 is 0 Å². The van der Waals surface area contributed by atoms with Gasteiger partial charge in [0.25, 0.3) is 0 Å². The number of allylic oxidation sites excluding steroid dienone is 1. The van der Waals surface area contributed by atoms with Crippen molar-refractivity contribution in [3.8, 4) is 0 Å². The van der Waals surface area contributed by atoms with E-state index in [0.29, 0.717) is 5.06 Å². The summed E-state index contributed by atoms with van der Waals surface area (Å²) in [4.78, 5) is 25.9. The van der Waals surface area contributed by atoms with Gasteiger partial charge in [-0.05, 0) is 13.3 Å². The van der Waals surface area contributed by atoms with Gasteiger partial charge in [0.05, 0.1) is 6.54 Å². The van der Waals surface area contributed by atoms with Gasteiger partial charge in [-0.25, -0.2) is 9.59 Å². The lowest BCUT2D eigenvalue weighted by Crippen LogP contribution is -2.31. The first-order valence-electron chi connectivity index (χ1n) is 4.50. The fourth-order valence-corrected chi connectivity index (χ4v) is 0.724. The molecule has 0 fully saturated rings. The topological polar surface area (TPSA) is 66.8 Å². The molecule has 0 radical (unpaired) electrons. The number of carboxylic acid groups (broad SMARTS) is 1. The van der Waals surface area contributed by atoms with Crippen molar-refractivity contribution in [1.82, 2.24) is 5.06 Å². The maximum atomic E-state index is 11.0. The number of carbonyl (C=O) groups is 2. The molecular formula is C9H15NO4. The first-order chi connectivity index (χ1) is 6.61. The van der Waals surface area contributed by atoms with E-state index < -0.39 is 12.1 Å². The number of hydrogen-bond donors (Lipinski definition) is 1. The van der Waals surface area contributed by atoms with Crippen LogP contribution in [0.4, 0.5) is 4.79 Å². The van der Waals surface area contributed by atoms with Gasteiger partial charge in [0.1, 0.15) is 0 Å². The highest BCUT2D eigenvalue weighted by molar-refractivity contribution is 5.82. The normalized spacial score (nSPS) is 10.1. The van der Waals surface area contributed by atoms with Gasteiger partial charge in [0, 0.05) is 6.08 Å². The van der Waals surface area contributed by atoms with Gasteiger partial charge in [-0.2, -0.15) is 0 Å². The molecule has 0 heterocycles. The lowest BCUT2D eigenvalue weighted by atomic mass is 10.3. The summed E-state index contributed by atoms with van der Waals surface area (Å²) >= 11 is 0. The molecule has 5 heteroatoms. The summed E-state index contributed by atoms with van der Waals surface area (Å²) in [6.45, 7) is 3.67. The number of carbonyl (C=O) groups excluding carboxylic acids is 1. The van der Waals surface area contributed by atoms with Crippen LogP contribution in [-0.2, 0) is 9.63 Å². The molecule has 0 atom stereocenters. The molecule has 0 aromatic rings. The summed E-state index contributed by atoms with van der Waals surface area (Å²) in [5.41, 5.74) is 0. The van der Waals surface area contributed by atoms with E-state index in [2.05, 4.69) is 4.84 Å². The van der Waals surface area contributed by atoms with Gasteiger partial charge in [0.2, 0.25) is 0 Å². The van der Waals surface area contributed by atoms with Crippen molar-refractivity contribution in [3.63, 3.8) is 0 Å². The number of hydroxylamine groups is 2. The molecule has 5 nitrogen and oxygen atoms in total. The van der Waals surface area contributed by atoms with Gasteiger partial charge in [-0.3, -0.25) is 0 Å². The zero-order valence-electron chi connectivity index (χ0n) is 8.40. The zero-order valence-corrected chi connectivity index (χ0v) is 8.40. The fraction of sp³-hybridized carbons (Fsp3) is 0.556. The Bertz CT molecular complexity index is 225. The van der Waals surface area contributed by atoms with E-state index in [9.17, 15) is 9.59 Å². The molecule has 0 saturated carbocycles. The number of rotatable bonds is 4. The summed E-state index contributed by atoms with van der Waals surface area (Å²) in [6, 6.07) is 0. The molecule has 0 aliphatic carbocycles. The van der Waals surface area contributed by atoms with Crippen LogP contribution < -0.4 is 0 Å². The van der Waals surface area contributed by atoms with E-state index in [-0.39, 0.29) is 6.54 Å². The standard InChI is InChI=1S/C9H15NO4/c1-3-5-6-7-8(11)14-10(4-2)9(12)13/h6-7H,3-5H2,1-2H3,(H,12,13). The molecule has 0 aliphatic rings. The van der Waals surface area contributed by atoms with Crippen molar-refractivity contribution < 1.29 is 19.5 Å². The second kappa shape index (κ2) is 6.94. The third-order valence-electron chi connectivity index (χ3n) is 1.41.